The van der Waals surface area contributed by atoms with E-state index in [4.69, 9.17) is 9.07 Å². The average molecular weight is 544 g/mol. The monoisotopic (exact) mass is 544 g/mol. The first-order valence-electron chi connectivity index (χ1n) is 13.9. The fourth-order valence-electron chi connectivity index (χ4n) is 6.02. The van der Waals surface area contributed by atoms with Gasteiger partial charge in [-0.25, -0.2) is 0 Å². The Morgan fingerprint density at radius 1 is 0.548 bits per heavy atom. The molecule has 8 rings (SSSR count). The van der Waals surface area contributed by atoms with Crippen LogP contribution in [-0.2, 0) is 0 Å². The van der Waals surface area contributed by atoms with Gasteiger partial charge in [-0.15, -0.1) is 0 Å². The van der Waals surface area contributed by atoms with Gasteiger partial charge in [0.05, 0.1) is 11.0 Å². The van der Waals surface area contributed by atoms with Crippen LogP contribution in [0.15, 0.2) is 144 Å². The van der Waals surface area contributed by atoms with Crippen LogP contribution in [0.3, 0.4) is 0 Å². The summed E-state index contributed by atoms with van der Waals surface area (Å²) in [7, 11) is -0.366. The Morgan fingerprint density at radius 2 is 1.17 bits per heavy atom. The summed E-state index contributed by atoms with van der Waals surface area (Å²) in [5, 5.41) is 13.8. The maximum Gasteiger partial charge on any atom is 0.504 e. The molecule has 200 valence electrons. The third-order valence-corrected chi connectivity index (χ3v) is 7.87. The summed E-state index contributed by atoms with van der Waals surface area (Å²) in [5.41, 5.74) is 8.18. The lowest BCUT2D eigenvalue weighted by atomic mass is 10.1. The molecule has 6 aromatic carbocycles. The molecule has 0 spiro atoms. The van der Waals surface area contributed by atoms with Gasteiger partial charge in [-0.3, -0.25) is 0 Å². The first-order chi connectivity index (χ1) is 20.8. The highest BCUT2D eigenvalue weighted by molar-refractivity contribution is 6.17. The van der Waals surface area contributed by atoms with Gasteiger partial charge in [-0.2, -0.15) is 0 Å². The van der Waals surface area contributed by atoms with Gasteiger partial charge in [0.1, 0.15) is 16.9 Å². The molecule has 0 radical (unpaired) electrons. The van der Waals surface area contributed by atoms with Crippen LogP contribution in [0, 0.1) is 0 Å². The summed E-state index contributed by atoms with van der Waals surface area (Å²) in [6, 6.07) is 48.0. The predicted octanol–water partition coefficient (Wildman–Crippen LogP) is 8.79. The minimum absolute atomic E-state index is 0.366. The van der Waals surface area contributed by atoms with Crippen LogP contribution >= 0.6 is 0 Å². The van der Waals surface area contributed by atoms with Crippen LogP contribution < -0.4 is 9.55 Å². The van der Waals surface area contributed by atoms with Crippen LogP contribution in [0.2, 0.25) is 0 Å². The third-order valence-electron chi connectivity index (χ3n) is 7.87. The summed E-state index contributed by atoms with van der Waals surface area (Å²) >= 11 is 0. The second-order valence-electron chi connectivity index (χ2n) is 10.3. The topological polar surface area (TPSA) is 50.8 Å². The normalized spacial score (nSPS) is 11.5. The lowest BCUT2D eigenvalue weighted by Crippen LogP contribution is -2.10. The molecule has 0 atom stereocenters. The number of hydrogen-bond acceptors (Lipinski definition) is 4. The van der Waals surface area contributed by atoms with Crippen LogP contribution in [0.5, 0.6) is 5.75 Å². The number of hydrogen-bond donors (Lipinski definition) is 1. The number of anilines is 3. The van der Waals surface area contributed by atoms with Gasteiger partial charge in [0.2, 0.25) is 0 Å². The van der Waals surface area contributed by atoms with Gasteiger partial charge in [-0.05, 0) is 84.9 Å². The molecular weight excluding hydrogens is 519 g/mol. The van der Waals surface area contributed by atoms with Crippen molar-refractivity contribution in [2.45, 2.75) is 0 Å². The number of nitrogens with zero attached hydrogens (tertiary/aromatic N) is 2. The quantitative estimate of drug-likeness (QED) is 0.213. The first-order valence-corrected chi connectivity index (χ1v) is 13.9. The van der Waals surface area contributed by atoms with Crippen molar-refractivity contribution >= 4 is 68.5 Å². The highest BCUT2D eigenvalue weighted by Gasteiger charge is 2.18. The van der Waals surface area contributed by atoms with E-state index < -0.39 is 0 Å². The number of fused-ring (bicyclic) bond motifs is 6. The van der Waals surface area contributed by atoms with E-state index in [9.17, 15) is 5.02 Å². The summed E-state index contributed by atoms with van der Waals surface area (Å²) in [5.74, 6) is 0.610. The first kappa shape index (κ1) is 24.4. The van der Waals surface area contributed by atoms with Crippen molar-refractivity contribution in [3.63, 3.8) is 0 Å². The Kier molecular flexibility index (Phi) is 5.72. The van der Waals surface area contributed by atoms with E-state index in [1.807, 2.05) is 54.6 Å². The van der Waals surface area contributed by atoms with E-state index in [2.05, 4.69) is 94.4 Å². The van der Waals surface area contributed by atoms with Crippen molar-refractivity contribution in [1.82, 2.24) is 4.57 Å². The molecule has 6 heteroatoms. The molecule has 2 aromatic heterocycles. The van der Waals surface area contributed by atoms with Crippen molar-refractivity contribution in [2.24, 2.45) is 0 Å². The molecule has 0 aliphatic rings. The van der Waals surface area contributed by atoms with Gasteiger partial charge in [0.15, 0.2) is 0 Å². The molecule has 5 nitrogen and oxygen atoms in total. The van der Waals surface area contributed by atoms with Crippen LogP contribution in [-0.4, -0.2) is 17.3 Å². The molecule has 0 bridgehead atoms. The van der Waals surface area contributed by atoms with Gasteiger partial charge in [-0.1, -0.05) is 54.6 Å². The predicted molar refractivity (Wildman–Crippen MR) is 173 cm³/mol. The number of aromatic nitrogens is 1. The molecule has 0 amide bonds. The molecule has 0 fully saturated rings. The molecule has 0 saturated carbocycles. The summed E-state index contributed by atoms with van der Waals surface area (Å²) in [6.45, 7) is 0. The van der Waals surface area contributed by atoms with E-state index in [1.54, 1.807) is 0 Å². The molecule has 0 aliphatic heterocycles. The smallest absolute Gasteiger partial charge is 0.504 e. The van der Waals surface area contributed by atoms with E-state index >= 15 is 0 Å². The van der Waals surface area contributed by atoms with Crippen LogP contribution in [0.4, 0.5) is 17.1 Å². The Labute approximate surface area is 242 Å². The van der Waals surface area contributed by atoms with E-state index in [-0.39, 0.29) is 7.69 Å². The lowest BCUT2D eigenvalue weighted by Gasteiger charge is -2.26. The zero-order valence-corrected chi connectivity index (χ0v) is 22.6. The Hall–Kier alpha value is -5.46. The number of benzene rings is 6. The molecule has 42 heavy (non-hydrogen) atoms. The largest absolute Gasteiger partial charge is 0.539 e. The Morgan fingerprint density at radius 3 is 1.98 bits per heavy atom. The summed E-state index contributed by atoms with van der Waals surface area (Å²) in [4.78, 5) is 2.25. The lowest BCUT2D eigenvalue weighted by molar-refractivity contribution is 0.454. The van der Waals surface area contributed by atoms with Gasteiger partial charge in [0.25, 0.3) is 0 Å². The highest BCUT2D eigenvalue weighted by Crippen LogP contribution is 2.41. The number of furan rings is 1. The van der Waals surface area contributed by atoms with E-state index in [1.165, 1.54) is 16.3 Å². The summed E-state index contributed by atoms with van der Waals surface area (Å²) < 4.78 is 13.8. The zero-order valence-electron chi connectivity index (χ0n) is 22.6. The number of para-hydroxylation sites is 3. The highest BCUT2D eigenvalue weighted by atomic mass is 16.5. The van der Waals surface area contributed by atoms with Gasteiger partial charge in [0, 0.05) is 44.3 Å². The zero-order chi connectivity index (χ0) is 28.0. The molecule has 1 N–H and O–H groups in total. The van der Waals surface area contributed by atoms with Gasteiger partial charge < -0.3 is 23.6 Å². The standard InChI is InChI=1S/C36H25BN2O3/c40-37-42-28-18-14-25(15-19-28)38(27-17-21-36-32(23-27)30-11-5-7-13-35(30)41-36)26-16-20-34-31(22-26)29-10-4-6-12-33(29)39(34)24-8-2-1-3-9-24/h1-23,37,40H. The van der Waals surface area contributed by atoms with Crippen molar-refractivity contribution in [3.8, 4) is 11.4 Å². The SMILES string of the molecule is OBOc1ccc(N(c2ccc3oc4ccccc4c3c2)c2ccc3c(c2)c2ccccc2n3-c2ccccc2)cc1. The molecule has 0 aliphatic carbocycles. The van der Waals surface area contributed by atoms with E-state index in [0.29, 0.717) is 5.75 Å². The van der Waals surface area contributed by atoms with Crippen molar-refractivity contribution < 1.29 is 14.1 Å². The fourth-order valence-corrected chi connectivity index (χ4v) is 6.02. The second kappa shape index (κ2) is 9.87. The average Bonchev–Trinajstić information content (AvgIpc) is 3.58. The van der Waals surface area contributed by atoms with E-state index in [0.717, 1.165) is 50.2 Å². The van der Waals surface area contributed by atoms with Crippen LogP contribution in [0.25, 0.3) is 49.4 Å². The molecule has 2 heterocycles. The third kappa shape index (κ3) is 3.92. The van der Waals surface area contributed by atoms with Crippen molar-refractivity contribution in [1.29, 1.82) is 0 Å². The second-order valence-corrected chi connectivity index (χ2v) is 10.3. The Balaban J connectivity index is 1.36. The minimum Gasteiger partial charge on any atom is -0.539 e. The number of rotatable bonds is 6. The van der Waals surface area contributed by atoms with Crippen molar-refractivity contribution in [3.05, 3.63) is 140 Å². The van der Waals surface area contributed by atoms with Gasteiger partial charge >= 0.3 is 7.69 Å². The molecular formula is C36H25BN2O3. The maximum atomic E-state index is 9.25. The molecule has 8 aromatic rings. The minimum atomic E-state index is -0.366. The summed E-state index contributed by atoms with van der Waals surface area (Å²) in [6.07, 6.45) is 0. The maximum absolute atomic E-state index is 9.25. The van der Waals surface area contributed by atoms with Crippen LogP contribution in [0.1, 0.15) is 0 Å². The fraction of sp³-hybridized carbons (Fsp3) is 0. The molecule has 0 unspecified atom stereocenters. The van der Waals surface area contributed by atoms with Crippen molar-refractivity contribution in [2.75, 3.05) is 4.90 Å². The molecule has 0 saturated heterocycles. The Bertz CT molecular complexity index is 2220.